The minimum absolute atomic E-state index is 0.0352. The number of aromatic nitrogens is 1. The Labute approximate surface area is 186 Å². The highest BCUT2D eigenvalue weighted by Gasteiger charge is 2.13. The molecule has 0 bridgehead atoms. The molecule has 0 saturated carbocycles. The molecule has 8 heteroatoms. The molecule has 156 valence electrons. The molecule has 0 saturated heterocycles. The molecular formula is C24H16N4O3S. The molecule has 2 aromatic heterocycles. The van der Waals surface area contributed by atoms with Crippen LogP contribution < -0.4 is 4.80 Å². The zero-order chi connectivity index (χ0) is 21.9. The van der Waals surface area contributed by atoms with Crippen LogP contribution in [0.1, 0.15) is 5.56 Å². The molecule has 5 rings (SSSR count). The number of rotatable bonds is 5. The highest BCUT2D eigenvalue weighted by molar-refractivity contribution is 7.07. The minimum atomic E-state index is -0.426. The van der Waals surface area contributed by atoms with E-state index in [1.807, 2.05) is 66.0 Å². The van der Waals surface area contributed by atoms with Crippen LogP contribution in [0.2, 0.25) is 0 Å². The fourth-order valence-electron chi connectivity index (χ4n) is 3.19. The van der Waals surface area contributed by atoms with E-state index in [-0.39, 0.29) is 5.69 Å². The van der Waals surface area contributed by atoms with Crippen LogP contribution in [0, 0.1) is 10.1 Å². The van der Waals surface area contributed by atoms with Crippen LogP contribution in [-0.4, -0.2) is 15.8 Å². The molecule has 0 N–H and O–H groups in total. The number of furan rings is 1. The van der Waals surface area contributed by atoms with Gasteiger partial charge in [0.2, 0.25) is 4.80 Å². The van der Waals surface area contributed by atoms with Gasteiger partial charge in [-0.25, -0.2) is 9.67 Å². The van der Waals surface area contributed by atoms with E-state index in [0.29, 0.717) is 10.6 Å². The van der Waals surface area contributed by atoms with Gasteiger partial charge in [-0.2, -0.15) is 5.10 Å². The lowest BCUT2D eigenvalue weighted by atomic mass is 10.2. The van der Waals surface area contributed by atoms with Gasteiger partial charge in [-0.1, -0.05) is 36.4 Å². The summed E-state index contributed by atoms with van der Waals surface area (Å²) in [6.07, 6.45) is 1.65. The molecule has 0 fully saturated rings. The van der Waals surface area contributed by atoms with E-state index >= 15 is 0 Å². The Balaban J connectivity index is 1.61. The van der Waals surface area contributed by atoms with Crippen molar-refractivity contribution in [3.63, 3.8) is 0 Å². The predicted octanol–water partition coefficient (Wildman–Crippen LogP) is 5.99. The molecule has 0 aliphatic rings. The highest BCUT2D eigenvalue weighted by Crippen LogP contribution is 2.28. The number of nitrogens with zero attached hydrogens (tertiary/aromatic N) is 4. The standard InChI is InChI=1S/C24H16N4O3S/c29-28(30)20-12-10-17(11-13-20)15-25-27-21(23-14-18-6-4-5-9-22(18)31-23)16-32-24(27)26-19-7-2-1-3-8-19/h1-16H. The summed E-state index contributed by atoms with van der Waals surface area (Å²) in [5, 5.41) is 18.5. The second kappa shape index (κ2) is 8.44. The Morgan fingerprint density at radius 1 is 0.969 bits per heavy atom. The van der Waals surface area contributed by atoms with Gasteiger partial charge in [0.1, 0.15) is 11.3 Å². The number of hydrogen-bond acceptors (Lipinski definition) is 6. The summed E-state index contributed by atoms with van der Waals surface area (Å²) in [5.41, 5.74) is 3.13. The van der Waals surface area contributed by atoms with E-state index in [9.17, 15) is 10.1 Å². The number of non-ortho nitro benzene ring substituents is 1. The minimum Gasteiger partial charge on any atom is -0.454 e. The maximum Gasteiger partial charge on any atom is 0.269 e. The van der Waals surface area contributed by atoms with Crippen molar-refractivity contribution in [2.45, 2.75) is 0 Å². The monoisotopic (exact) mass is 440 g/mol. The van der Waals surface area contributed by atoms with E-state index in [1.54, 1.807) is 23.0 Å². The van der Waals surface area contributed by atoms with Crippen LogP contribution >= 0.6 is 11.3 Å². The van der Waals surface area contributed by atoms with Crippen molar-refractivity contribution in [2.24, 2.45) is 10.1 Å². The van der Waals surface area contributed by atoms with E-state index in [2.05, 4.69) is 5.10 Å². The van der Waals surface area contributed by atoms with Crippen LogP contribution in [0.25, 0.3) is 22.4 Å². The van der Waals surface area contributed by atoms with Gasteiger partial charge in [-0.3, -0.25) is 10.1 Å². The van der Waals surface area contributed by atoms with Crippen molar-refractivity contribution in [1.29, 1.82) is 0 Å². The van der Waals surface area contributed by atoms with Crippen LogP contribution in [0.3, 0.4) is 0 Å². The molecule has 0 aliphatic heterocycles. The van der Waals surface area contributed by atoms with Crippen molar-refractivity contribution >= 4 is 39.9 Å². The quantitative estimate of drug-likeness (QED) is 0.191. The number of hydrogen-bond donors (Lipinski definition) is 0. The van der Waals surface area contributed by atoms with Crippen molar-refractivity contribution in [2.75, 3.05) is 0 Å². The van der Waals surface area contributed by atoms with Crippen molar-refractivity contribution in [3.05, 3.63) is 111 Å². The molecule has 5 aromatic rings. The third-order valence-electron chi connectivity index (χ3n) is 4.77. The molecule has 7 nitrogen and oxygen atoms in total. The second-order valence-electron chi connectivity index (χ2n) is 6.90. The third-order valence-corrected chi connectivity index (χ3v) is 5.59. The topological polar surface area (TPSA) is 85.9 Å². The normalized spacial score (nSPS) is 12.1. The highest BCUT2D eigenvalue weighted by atomic mass is 32.1. The van der Waals surface area contributed by atoms with Gasteiger partial charge in [0.25, 0.3) is 5.69 Å². The fourth-order valence-corrected chi connectivity index (χ4v) is 4.02. The molecule has 0 spiro atoms. The van der Waals surface area contributed by atoms with Gasteiger partial charge in [-0.15, -0.1) is 11.3 Å². The average Bonchev–Trinajstić information content (AvgIpc) is 3.42. The Morgan fingerprint density at radius 2 is 1.72 bits per heavy atom. The summed E-state index contributed by atoms with van der Waals surface area (Å²) in [6.45, 7) is 0. The summed E-state index contributed by atoms with van der Waals surface area (Å²) in [5.74, 6) is 0.679. The predicted molar refractivity (Wildman–Crippen MR) is 125 cm³/mol. The summed E-state index contributed by atoms with van der Waals surface area (Å²) in [7, 11) is 0. The van der Waals surface area contributed by atoms with Crippen LogP contribution in [0.15, 0.2) is 105 Å². The van der Waals surface area contributed by atoms with E-state index < -0.39 is 4.92 Å². The summed E-state index contributed by atoms with van der Waals surface area (Å²) in [4.78, 5) is 15.9. The van der Waals surface area contributed by atoms with E-state index in [1.165, 1.54) is 23.5 Å². The van der Waals surface area contributed by atoms with E-state index in [4.69, 9.17) is 9.41 Å². The lowest BCUT2D eigenvalue weighted by molar-refractivity contribution is -0.384. The zero-order valence-electron chi connectivity index (χ0n) is 16.7. The molecule has 3 aromatic carbocycles. The molecule has 0 aliphatic carbocycles. The number of fused-ring (bicyclic) bond motifs is 1. The van der Waals surface area contributed by atoms with Crippen LogP contribution in [-0.2, 0) is 0 Å². The number of para-hydroxylation sites is 2. The third kappa shape index (κ3) is 3.99. The average molecular weight is 440 g/mol. The van der Waals surface area contributed by atoms with Gasteiger partial charge in [0, 0.05) is 22.9 Å². The molecule has 0 radical (unpaired) electrons. The first kappa shape index (κ1) is 19.7. The second-order valence-corrected chi connectivity index (χ2v) is 7.74. The van der Waals surface area contributed by atoms with Gasteiger partial charge in [0.15, 0.2) is 5.76 Å². The Kier molecular flexibility index (Phi) is 5.19. The summed E-state index contributed by atoms with van der Waals surface area (Å²) >= 11 is 1.45. The number of nitro groups is 1. The molecule has 32 heavy (non-hydrogen) atoms. The fraction of sp³-hybridized carbons (Fsp3) is 0. The summed E-state index contributed by atoms with van der Waals surface area (Å²) < 4.78 is 7.77. The van der Waals surface area contributed by atoms with E-state index in [0.717, 1.165) is 27.9 Å². The first-order chi connectivity index (χ1) is 15.7. The number of thiazole rings is 1. The zero-order valence-corrected chi connectivity index (χ0v) is 17.5. The first-order valence-corrected chi connectivity index (χ1v) is 10.6. The maximum atomic E-state index is 10.9. The first-order valence-electron chi connectivity index (χ1n) is 9.75. The van der Waals surface area contributed by atoms with Gasteiger partial charge in [0.05, 0.1) is 16.8 Å². The van der Waals surface area contributed by atoms with Crippen molar-refractivity contribution in [1.82, 2.24) is 4.68 Å². The molecule has 0 amide bonds. The van der Waals surface area contributed by atoms with Crippen LogP contribution in [0.5, 0.6) is 0 Å². The summed E-state index contributed by atoms with van der Waals surface area (Å²) in [6, 6.07) is 25.6. The lowest BCUT2D eigenvalue weighted by Gasteiger charge is -2.01. The Bertz CT molecular complexity index is 1460. The number of benzene rings is 3. The maximum absolute atomic E-state index is 10.9. The van der Waals surface area contributed by atoms with Gasteiger partial charge in [-0.05, 0) is 42.0 Å². The number of nitro benzene ring substituents is 1. The lowest BCUT2D eigenvalue weighted by Crippen LogP contribution is -2.11. The van der Waals surface area contributed by atoms with Crippen molar-refractivity contribution in [3.8, 4) is 11.5 Å². The molecule has 2 heterocycles. The Hall–Kier alpha value is -4.30. The van der Waals surface area contributed by atoms with Crippen LogP contribution in [0.4, 0.5) is 11.4 Å². The Morgan fingerprint density at radius 3 is 2.47 bits per heavy atom. The molecular weight excluding hydrogens is 424 g/mol. The molecule has 0 unspecified atom stereocenters. The SMILES string of the molecule is O=[N+]([O-])c1ccc(C=Nn2c(-c3cc4ccccc4o3)csc2=Nc2ccccc2)cc1. The molecule has 0 atom stereocenters. The van der Waals surface area contributed by atoms with Gasteiger partial charge >= 0.3 is 0 Å². The van der Waals surface area contributed by atoms with Crippen molar-refractivity contribution < 1.29 is 9.34 Å². The smallest absolute Gasteiger partial charge is 0.269 e. The van der Waals surface area contributed by atoms with Gasteiger partial charge < -0.3 is 4.42 Å². The largest absolute Gasteiger partial charge is 0.454 e.